The highest BCUT2D eigenvalue weighted by atomic mass is 14.3. The van der Waals surface area contributed by atoms with E-state index in [2.05, 4.69) is 77.9 Å². The van der Waals surface area contributed by atoms with E-state index in [-0.39, 0.29) is 10.8 Å². The molecule has 3 rings (SSSR count). The Morgan fingerprint density at radius 1 is 0.905 bits per heavy atom. The fourth-order valence-electron chi connectivity index (χ4n) is 3.18. The second-order valence-electron chi connectivity index (χ2n) is 8.28. The minimum Gasteiger partial charge on any atom is -0.0619 e. The third kappa shape index (κ3) is 2.41. The van der Waals surface area contributed by atoms with E-state index in [9.17, 15) is 0 Å². The maximum absolute atomic E-state index is 3.72. The molecule has 0 bridgehead atoms. The lowest BCUT2D eigenvalue weighted by atomic mass is 9.76. The molecule has 109 valence electrons. The van der Waals surface area contributed by atoms with Crippen LogP contribution in [0.3, 0.4) is 0 Å². The van der Waals surface area contributed by atoms with Crippen molar-refractivity contribution in [2.75, 3.05) is 0 Å². The van der Waals surface area contributed by atoms with Gasteiger partial charge in [0.25, 0.3) is 0 Å². The summed E-state index contributed by atoms with van der Waals surface area (Å²) in [6, 6.07) is 14.9. The molecule has 2 aromatic carbocycles. The van der Waals surface area contributed by atoms with Crippen LogP contribution in [0.5, 0.6) is 0 Å². The third-order valence-electron chi connectivity index (χ3n) is 4.42. The van der Waals surface area contributed by atoms with E-state index in [0.717, 1.165) is 6.42 Å². The van der Waals surface area contributed by atoms with Crippen LogP contribution >= 0.6 is 0 Å². The first-order valence-corrected chi connectivity index (χ1v) is 7.86. The van der Waals surface area contributed by atoms with Gasteiger partial charge in [0.2, 0.25) is 0 Å². The minimum absolute atomic E-state index is 0.143. The lowest BCUT2D eigenvalue weighted by molar-refractivity contribution is 0.568. The predicted molar refractivity (Wildman–Crippen MR) is 90.9 cm³/mol. The molecule has 0 saturated heterocycles. The molecule has 1 aliphatic rings. The summed E-state index contributed by atoms with van der Waals surface area (Å²) in [4.78, 5) is 0. The quantitative estimate of drug-likeness (QED) is 0.498. The number of hydrogen-bond acceptors (Lipinski definition) is 0. The molecular weight excluding hydrogens is 252 g/mol. The van der Waals surface area contributed by atoms with Crippen LogP contribution in [0.2, 0.25) is 0 Å². The smallest absolute Gasteiger partial charge is 0.000707 e. The van der Waals surface area contributed by atoms with Gasteiger partial charge in [-0.1, -0.05) is 71.9 Å². The van der Waals surface area contributed by atoms with E-state index < -0.39 is 0 Å². The summed E-state index contributed by atoms with van der Waals surface area (Å²) in [6.45, 7) is 13.8. The Balaban J connectivity index is 2.31. The Bertz CT molecular complexity index is 691. The highest BCUT2D eigenvalue weighted by Gasteiger charge is 2.29. The fraction of sp³-hybridized carbons (Fsp3) is 0.429. The van der Waals surface area contributed by atoms with Crippen molar-refractivity contribution in [3.63, 3.8) is 0 Å². The summed E-state index contributed by atoms with van der Waals surface area (Å²) in [5, 5.41) is 0. The molecule has 0 saturated carbocycles. The zero-order chi connectivity index (χ0) is 15.4. The van der Waals surface area contributed by atoms with Gasteiger partial charge in [-0.2, -0.15) is 0 Å². The van der Waals surface area contributed by atoms with Gasteiger partial charge in [-0.3, -0.25) is 0 Å². The van der Waals surface area contributed by atoms with Crippen LogP contribution in [0, 0.1) is 6.07 Å². The van der Waals surface area contributed by atoms with Gasteiger partial charge >= 0.3 is 0 Å². The first-order valence-electron chi connectivity index (χ1n) is 7.86. The van der Waals surface area contributed by atoms with Crippen molar-refractivity contribution >= 4 is 0 Å². The fourth-order valence-corrected chi connectivity index (χ4v) is 3.18. The number of fused-ring (bicyclic) bond motifs is 3. The first-order chi connectivity index (χ1) is 9.68. The highest BCUT2D eigenvalue weighted by molar-refractivity contribution is 5.80. The Morgan fingerprint density at radius 3 is 2.19 bits per heavy atom. The van der Waals surface area contributed by atoms with E-state index in [1.54, 1.807) is 0 Å². The van der Waals surface area contributed by atoms with Gasteiger partial charge in [-0.05, 0) is 56.7 Å². The molecule has 0 N–H and O–H groups in total. The lowest BCUT2D eigenvalue weighted by Crippen LogP contribution is -2.18. The normalized spacial score (nSPS) is 14.0. The van der Waals surface area contributed by atoms with Crippen molar-refractivity contribution in [3.05, 3.63) is 58.7 Å². The highest BCUT2D eigenvalue weighted by Crippen LogP contribution is 2.44. The van der Waals surface area contributed by atoms with Gasteiger partial charge in [-0.25, -0.2) is 0 Å². The van der Waals surface area contributed by atoms with Crippen LogP contribution in [-0.4, -0.2) is 0 Å². The molecule has 0 heteroatoms. The van der Waals surface area contributed by atoms with Crippen LogP contribution in [0.25, 0.3) is 11.1 Å². The second kappa shape index (κ2) is 4.47. The maximum Gasteiger partial charge on any atom is -0.000707 e. The zero-order valence-corrected chi connectivity index (χ0v) is 14.1. The van der Waals surface area contributed by atoms with Gasteiger partial charge < -0.3 is 0 Å². The average Bonchev–Trinajstić information content (AvgIpc) is 2.73. The van der Waals surface area contributed by atoms with E-state index >= 15 is 0 Å². The molecule has 0 spiro atoms. The summed E-state index contributed by atoms with van der Waals surface area (Å²) in [5.74, 6) is 0. The van der Waals surface area contributed by atoms with E-state index in [4.69, 9.17) is 0 Å². The summed E-state index contributed by atoms with van der Waals surface area (Å²) >= 11 is 0. The van der Waals surface area contributed by atoms with Crippen molar-refractivity contribution in [2.24, 2.45) is 0 Å². The van der Waals surface area contributed by atoms with Gasteiger partial charge in [0.1, 0.15) is 0 Å². The molecule has 0 amide bonds. The first kappa shape index (κ1) is 14.4. The van der Waals surface area contributed by atoms with Gasteiger partial charge in [-0.15, -0.1) is 0 Å². The molecule has 21 heavy (non-hydrogen) atoms. The second-order valence-corrected chi connectivity index (χ2v) is 8.28. The molecule has 1 aliphatic carbocycles. The van der Waals surface area contributed by atoms with Crippen molar-refractivity contribution < 1.29 is 0 Å². The van der Waals surface area contributed by atoms with Gasteiger partial charge in [0.15, 0.2) is 0 Å². The summed E-state index contributed by atoms with van der Waals surface area (Å²) in [5.41, 5.74) is 8.76. The SMILES string of the molecule is CC(C)(C)c1[c]c2c(c(C(C)(C)C)c1)-c1ccccc1C2. The van der Waals surface area contributed by atoms with Crippen LogP contribution < -0.4 is 0 Å². The zero-order valence-electron chi connectivity index (χ0n) is 14.1. The van der Waals surface area contributed by atoms with Crippen molar-refractivity contribution in [3.8, 4) is 11.1 Å². The molecule has 0 atom stereocenters. The van der Waals surface area contributed by atoms with Gasteiger partial charge in [0, 0.05) is 0 Å². The lowest BCUT2D eigenvalue weighted by Gasteiger charge is -2.28. The van der Waals surface area contributed by atoms with Crippen molar-refractivity contribution in [2.45, 2.75) is 58.8 Å². The molecule has 0 nitrogen and oxygen atoms in total. The summed E-state index contributed by atoms with van der Waals surface area (Å²) in [7, 11) is 0. The number of benzene rings is 2. The monoisotopic (exact) mass is 277 g/mol. The Hall–Kier alpha value is -1.56. The van der Waals surface area contributed by atoms with E-state index in [1.165, 1.54) is 33.4 Å². The van der Waals surface area contributed by atoms with Crippen molar-refractivity contribution in [1.29, 1.82) is 0 Å². The Kier molecular flexibility index (Phi) is 3.06. The average molecular weight is 277 g/mol. The largest absolute Gasteiger partial charge is 0.0619 e. The van der Waals surface area contributed by atoms with Crippen molar-refractivity contribution in [1.82, 2.24) is 0 Å². The Labute approximate surface area is 129 Å². The molecule has 0 aliphatic heterocycles. The van der Waals surface area contributed by atoms with E-state index in [0.29, 0.717) is 0 Å². The van der Waals surface area contributed by atoms with Crippen LogP contribution in [0.1, 0.15) is 63.8 Å². The summed E-state index contributed by atoms with van der Waals surface area (Å²) in [6.07, 6.45) is 1.03. The van der Waals surface area contributed by atoms with E-state index in [1.807, 2.05) is 0 Å². The van der Waals surface area contributed by atoms with Crippen LogP contribution in [0.4, 0.5) is 0 Å². The van der Waals surface area contributed by atoms with Crippen LogP contribution in [-0.2, 0) is 17.3 Å². The predicted octanol–water partition coefficient (Wildman–Crippen LogP) is 5.65. The van der Waals surface area contributed by atoms with Gasteiger partial charge in [0.05, 0.1) is 0 Å². The molecule has 0 heterocycles. The molecule has 0 aromatic heterocycles. The third-order valence-corrected chi connectivity index (χ3v) is 4.42. The Morgan fingerprint density at radius 2 is 1.57 bits per heavy atom. The molecular formula is C21H25. The molecule has 0 unspecified atom stereocenters. The standard InChI is InChI=1S/C21H25/c1-20(2,3)16-12-15-11-14-9-7-8-10-17(14)19(15)18(13-16)21(4,5)6/h7-10,13H,11H2,1-6H3. The van der Waals surface area contributed by atoms with Crippen LogP contribution in [0.15, 0.2) is 30.3 Å². The summed E-state index contributed by atoms with van der Waals surface area (Å²) < 4.78 is 0. The number of hydrogen-bond donors (Lipinski definition) is 0. The minimum atomic E-state index is 0.143. The number of rotatable bonds is 0. The molecule has 0 fully saturated rings. The molecule has 1 radical (unpaired) electrons. The topological polar surface area (TPSA) is 0 Å². The molecule has 2 aromatic rings. The maximum atomic E-state index is 3.72.